The number of fused-ring (bicyclic) bond motifs is 1. The van der Waals surface area contributed by atoms with Gasteiger partial charge in [0.1, 0.15) is 5.82 Å². The normalized spacial score (nSPS) is 14.2. The first kappa shape index (κ1) is 12.7. The second kappa shape index (κ2) is 5.36. The van der Waals surface area contributed by atoms with E-state index in [9.17, 15) is 4.79 Å². The van der Waals surface area contributed by atoms with E-state index in [4.69, 9.17) is 5.73 Å². The minimum Gasteiger partial charge on any atom is -0.370 e. The minimum absolute atomic E-state index is 0.304. The molecular formula is C15H18N4O. The fourth-order valence-electron chi connectivity index (χ4n) is 2.66. The number of carbonyl (C=O) groups is 1. The Hall–Kier alpha value is -2.30. The molecular weight excluding hydrogens is 252 g/mol. The molecule has 104 valence electrons. The molecule has 0 aliphatic heterocycles. The van der Waals surface area contributed by atoms with Crippen molar-refractivity contribution in [1.29, 1.82) is 0 Å². The zero-order valence-electron chi connectivity index (χ0n) is 11.2. The van der Waals surface area contributed by atoms with Crippen LogP contribution in [0, 0.1) is 0 Å². The van der Waals surface area contributed by atoms with Crippen LogP contribution in [0.15, 0.2) is 36.5 Å². The van der Waals surface area contributed by atoms with Gasteiger partial charge in [0.15, 0.2) is 0 Å². The van der Waals surface area contributed by atoms with Crippen LogP contribution >= 0.6 is 0 Å². The summed E-state index contributed by atoms with van der Waals surface area (Å²) in [5, 5.41) is 7.85. The number of nitrogens with one attached hydrogen (secondary N) is 1. The van der Waals surface area contributed by atoms with Gasteiger partial charge in [-0.2, -0.15) is 5.10 Å². The summed E-state index contributed by atoms with van der Waals surface area (Å²) in [5.41, 5.74) is 7.96. The number of nitrogens with two attached hydrogens (primary N) is 1. The lowest BCUT2D eigenvalue weighted by atomic mass is 10.1. The Morgan fingerprint density at radius 2 is 2.00 bits per heavy atom. The van der Waals surface area contributed by atoms with Crippen LogP contribution < -0.4 is 11.1 Å². The van der Waals surface area contributed by atoms with E-state index in [1.807, 2.05) is 12.3 Å². The Balaban J connectivity index is 1.58. The smallest absolute Gasteiger partial charge is 0.219 e. The van der Waals surface area contributed by atoms with E-state index in [2.05, 4.69) is 34.7 Å². The van der Waals surface area contributed by atoms with E-state index in [1.165, 1.54) is 11.1 Å². The molecule has 1 aliphatic carbocycles. The predicted octanol–water partition coefficient (Wildman–Crippen LogP) is 1.34. The van der Waals surface area contributed by atoms with Crippen molar-refractivity contribution in [3.8, 4) is 0 Å². The van der Waals surface area contributed by atoms with Crippen LogP contribution in [0.2, 0.25) is 0 Å². The highest BCUT2D eigenvalue weighted by Crippen LogP contribution is 2.23. The average Bonchev–Trinajstić information content (AvgIpc) is 3.02. The molecule has 3 N–H and O–H groups in total. The monoisotopic (exact) mass is 270 g/mol. The van der Waals surface area contributed by atoms with Gasteiger partial charge in [-0.3, -0.25) is 9.48 Å². The third-order valence-electron chi connectivity index (χ3n) is 3.63. The van der Waals surface area contributed by atoms with Crippen LogP contribution in [0.3, 0.4) is 0 Å². The molecule has 1 aliphatic rings. The number of hydrogen-bond acceptors (Lipinski definition) is 3. The maximum absolute atomic E-state index is 10.7. The van der Waals surface area contributed by atoms with Crippen molar-refractivity contribution in [3.05, 3.63) is 47.7 Å². The first-order chi connectivity index (χ1) is 9.70. The summed E-state index contributed by atoms with van der Waals surface area (Å²) in [7, 11) is 0. The van der Waals surface area contributed by atoms with Crippen molar-refractivity contribution in [3.63, 3.8) is 0 Å². The third-order valence-corrected chi connectivity index (χ3v) is 3.63. The van der Waals surface area contributed by atoms with Crippen molar-refractivity contribution in [2.75, 3.05) is 5.32 Å². The number of aryl methyl sites for hydroxylation is 1. The van der Waals surface area contributed by atoms with Gasteiger partial charge in [0, 0.05) is 31.3 Å². The SMILES string of the molecule is NC(=O)CCn1ccc(NC2Cc3ccccc3C2)n1. The lowest BCUT2D eigenvalue weighted by Crippen LogP contribution is -2.20. The largest absolute Gasteiger partial charge is 0.370 e. The molecule has 1 aromatic carbocycles. The topological polar surface area (TPSA) is 72.9 Å². The standard InChI is InChI=1S/C15H18N4O/c16-14(20)5-7-19-8-6-15(18-19)17-13-9-11-3-1-2-4-12(11)10-13/h1-4,6,8,13H,5,7,9-10H2,(H2,16,20)(H,17,18). The second-order valence-electron chi connectivity index (χ2n) is 5.20. The fraction of sp³-hybridized carbons (Fsp3) is 0.333. The van der Waals surface area contributed by atoms with Gasteiger partial charge in [-0.1, -0.05) is 24.3 Å². The summed E-state index contributed by atoms with van der Waals surface area (Å²) < 4.78 is 1.75. The van der Waals surface area contributed by atoms with Crippen molar-refractivity contribution in [2.24, 2.45) is 5.73 Å². The van der Waals surface area contributed by atoms with Gasteiger partial charge in [0.2, 0.25) is 5.91 Å². The lowest BCUT2D eigenvalue weighted by molar-refractivity contribution is -0.118. The van der Waals surface area contributed by atoms with Crippen LogP contribution in [0.1, 0.15) is 17.5 Å². The highest BCUT2D eigenvalue weighted by Gasteiger charge is 2.21. The fourth-order valence-corrected chi connectivity index (χ4v) is 2.66. The summed E-state index contributed by atoms with van der Waals surface area (Å²) in [6.07, 6.45) is 4.25. The summed E-state index contributed by atoms with van der Waals surface area (Å²) in [6, 6.07) is 10.9. The van der Waals surface area contributed by atoms with Crippen molar-refractivity contribution in [1.82, 2.24) is 9.78 Å². The molecule has 5 heteroatoms. The molecule has 0 atom stereocenters. The first-order valence-electron chi connectivity index (χ1n) is 6.86. The van der Waals surface area contributed by atoms with Gasteiger partial charge in [0.25, 0.3) is 0 Å². The van der Waals surface area contributed by atoms with E-state index < -0.39 is 0 Å². The van der Waals surface area contributed by atoms with Crippen molar-refractivity contribution < 1.29 is 4.79 Å². The Labute approximate surface area is 117 Å². The summed E-state index contributed by atoms with van der Waals surface area (Å²) in [4.78, 5) is 10.7. The van der Waals surface area contributed by atoms with Crippen LogP contribution in [-0.4, -0.2) is 21.7 Å². The maximum Gasteiger partial charge on any atom is 0.219 e. The van der Waals surface area contributed by atoms with Gasteiger partial charge in [-0.05, 0) is 24.0 Å². The van der Waals surface area contributed by atoms with E-state index in [0.717, 1.165) is 18.7 Å². The van der Waals surface area contributed by atoms with Crippen molar-refractivity contribution >= 4 is 11.7 Å². The Bertz CT molecular complexity index is 595. The number of nitrogens with zero attached hydrogens (tertiary/aromatic N) is 2. The van der Waals surface area contributed by atoms with Gasteiger partial charge < -0.3 is 11.1 Å². The molecule has 3 rings (SSSR count). The van der Waals surface area contributed by atoms with E-state index >= 15 is 0 Å². The maximum atomic E-state index is 10.7. The number of aromatic nitrogens is 2. The second-order valence-corrected chi connectivity index (χ2v) is 5.20. The number of benzene rings is 1. The zero-order chi connectivity index (χ0) is 13.9. The Morgan fingerprint density at radius 1 is 1.30 bits per heavy atom. The Kier molecular flexibility index (Phi) is 3.41. The van der Waals surface area contributed by atoms with Crippen molar-refractivity contribution in [2.45, 2.75) is 31.8 Å². The molecule has 1 amide bonds. The molecule has 1 heterocycles. The van der Waals surface area contributed by atoms with E-state index in [-0.39, 0.29) is 5.91 Å². The zero-order valence-corrected chi connectivity index (χ0v) is 11.2. The number of primary amides is 1. The molecule has 0 bridgehead atoms. The highest BCUT2D eigenvalue weighted by atomic mass is 16.1. The number of amides is 1. The third kappa shape index (κ3) is 2.82. The summed E-state index contributed by atoms with van der Waals surface area (Å²) in [5.74, 6) is 0.550. The molecule has 1 aromatic heterocycles. The van der Waals surface area contributed by atoms with E-state index in [0.29, 0.717) is 19.0 Å². The lowest BCUT2D eigenvalue weighted by Gasteiger charge is -2.10. The molecule has 0 fully saturated rings. The highest BCUT2D eigenvalue weighted by molar-refractivity contribution is 5.73. The van der Waals surface area contributed by atoms with Gasteiger partial charge in [0.05, 0.1) is 0 Å². The number of carbonyl (C=O) groups excluding carboxylic acids is 1. The predicted molar refractivity (Wildman–Crippen MR) is 77.3 cm³/mol. The quantitative estimate of drug-likeness (QED) is 0.861. The molecule has 20 heavy (non-hydrogen) atoms. The van der Waals surface area contributed by atoms with Gasteiger partial charge in [-0.25, -0.2) is 0 Å². The van der Waals surface area contributed by atoms with Crippen LogP contribution in [-0.2, 0) is 24.2 Å². The van der Waals surface area contributed by atoms with E-state index in [1.54, 1.807) is 4.68 Å². The molecule has 0 saturated heterocycles. The molecule has 0 radical (unpaired) electrons. The minimum atomic E-state index is -0.304. The summed E-state index contributed by atoms with van der Waals surface area (Å²) in [6.45, 7) is 0.530. The Morgan fingerprint density at radius 3 is 2.65 bits per heavy atom. The molecule has 2 aromatic rings. The first-order valence-corrected chi connectivity index (χ1v) is 6.86. The van der Waals surface area contributed by atoms with Crippen LogP contribution in [0.5, 0.6) is 0 Å². The number of rotatable bonds is 5. The van der Waals surface area contributed by atoms with Crippen LogP contribution in [0.25, 0.3) is 0 Å². The van der Waals surface area contributed by atoms with Crippen LogP contribution in [0.4, 0.5) is 5.82 Å². The molecule has 0 saturated carbocycles. The summed E-state index contributed by atoms with van der Waals surface area (Å²) >= 11 is 0. The molecule has 5 nitrogen and oxygen atoms in total. The molecule has 0 spiro atoms. The molecule has 0 unspecified atom stereocenters. The number of hydrogen-bond donors (Lipinski definition) is 2. The number of anilines is 1. The average molecular weight is 270 g/mol. The van der Waals surface area contributed by atoms with Gasteiger partial charge >= 0.3 is 0 Å². The van der Waals surface area contributed by atoms with Gasteiger partial charge in [-0.15, -0.1) is 0 Å².